The lowest BCUT2D eigenvalue weighted by molar-refractivity contribution is -0.130. The monoisotopic (exact) mass is 352 g/mol. The molecule has 0 bridgehead atoms. The van der Waals surface area contributed by atoms with Gasteiger partial charge in [-0.25, -0.2) is 4.79 Å². The second-order valence-electron chi connectivity index (χ2n) is 5.74. The van der Waals surface area contributed by atoms with E-state index in [2.05, 4.69) is 6.92 Å². The van der Waals surface area contributed by atoms with Gasteiger partial charge in [0.25, 0.3) is 0 Å². The largest absolute Gasteiger partial charge is 0.493 e. The predicted octanol–water partition coefficient (Wildman–Crippen LogP) is 5.71. The first-order chi connectivity index (χ1) is 12.2. The summed E-state index contributed by atoms with van der Waals surface area (Å²) >= 11 is 1.42. The summed E-state index contributed by atoms with van der Waals surface area (Å²) in [7, 11) is 0. The third kappa shape index (κ3) is 3.91. The van der Waals surface area contributed by atoms with Crippen molar-refractivity contribution in [2.75, 3.05) is 6.61 Å². The van der Waals surface area contributed by atoms with E-state index in [-0.39, 0.29) is 5.57 Å². The van der Waals surface area contributed by atoms with E-state index in [9.17, 15) is 9.90 Å². The molecule has 3 aromatic rings. The molecule has 0 radical (unpaired) electrons. The number of thiophene rings is 1. The van der Waals surface area contributed by atoms with Crippen LogP contribution >= 0.6 is 11.3 Å². The molecule has 1 N–H and O–H groups in total. The van der Waals surface area contributed by atoms with Crippen LogP contribution in [0.4, 0.5) is 0 Å². The number of ether oxygens (including phenoxy) is 1. The highest BCUT2D eigenvalue weighted by atomic mass is 32.1. The Morgan fingerprint density at radius 2 is 2.00 bits per heavy atom. The van der Waals surface area contributed by atoms with Crippen LogP contribution in [0.25, 0.3) is 22.4 Å². The highest BCUT2D eigenvalue weighted by Gasteiger charge is 2.15. The van der Waals surface area contributed by atoms with Gasteiger partial charge in [-0.15, -0.1) is 11.3 Å². The van der Waals surface area contributed by atoms with E-state index >= 15 is 0 Å². The first-order valence-corrected chi connectivity index (χ1v) is 9.22. The number of carboxylic acid groups (broad SMARTS) is 1. The number of unbranched alkanes of at least 4 members (excludes halogenated alkanes) is 1. The molecule has 0 unspecified atom stereocenters. The fourth-order valence-electron chi connectivity index (χ4n) is 2.69. The zero-order chi connectivity index (χ0) is 17.6. The Balaban J connectivity index is 2.15. The quantitative estimate of drug-likeness (QED) is 0.438. The molecule has 3 rings (SSSR count). The van der Waals surface area contributed by atoms with E-state index in [0.29, 0.717) is 6.61 Å². The third-order valence-electron chi connectivity index (χ3n) is 3.99. The Labute approximate surface area is 151 Å². The van der Waals surface area contributed by atoms with Crippen LogP contribution in [0.3, 0.4) is 0 Å². The molecule has 25 heavy (non-hydrogen) atoms. The van der Waals surface area contributed by atoms with Crippen molar-refractivity contribution in [2.24, 2.45) is 0 Å². The van der Waals surface area contributed by atoms with Gasteiger partial charge in [0.2, 0.25) is 0 Å². The van der Waals surface area contributed by atoms with Crippen LogP contribution in [0.5, 0.6) is 5.75 Å². The molecule has 0 atom stereocenters. The molecule has 0 spiro atoms. The smallest absolute Gasteiger partial charge is 0.337 e. The Kier molecular flexibility index (Phi) is 5.51. The second-order valence-corrected chi connectivity index (χ2v) is 6.69. The molecule has 0 saturated heterocycles. The molecule has 3 nitrogen and oxygen atoms in total. The van der Waals surface area contributed by atoms with Crippen LogP contribution in [0, 0.1) is 0 Å². The topological polar surface area (TPSA) is 46.5 Å². The van der Waals surface area contributed by atoms with Gasteiger partial charge in [-0.3, -0.25) is 0 Å². The summed E-state index contributed by atoms with van der Waals surface area (Å²) in [6.45, 7) is 2.74. The maximum atomic E-state index is 11.8. The standard InChI is InChI=1S/C21H20O3S/c1-2-3-12-24-19-11-10-15-7-4-5-8-16(15)17(19)14-18(21(22)23)20-9-6-13-25-20/h4-11,13-14H,2-3,12H2,1H3,(H,22,23)/b18-14+. The number of fused-ring (bicyclic) bond motifs is 1. The molecular weight excluding hydrogens is 332 g/mol. The Morgan fingerprint density at radius 3 is 2.72 bits per heavy atom. The molecule has 0 amide bonds. The summed E-state index contributed by atoms with van der Waals surface area (Å²) < 4.78 is 5.95. The molecule has 2 aromatic carbocycles. The number of hydrogen-bond acceptors (Lipinski definition) is 3. The average Bonchev–Trinajstić information content (AvgIpc) is 3.14. The molecule has 0 aliphatic rings. The summed E-state index contributed by atoms with van der Waals surface area (Å²) in [4.78, 5) is 12.5. The fourth-order valence-corrected chi connectivity index (χ4v) is 3.43. The molecule has 0 saturated carbocycles. The van der Waals surface area contributed by atoms with Crippen molar-refractivity contribution in [3.63, 3.8) is 0 Å². The van der Waals surface area contributed by atoms with Crippen LogP contribution in [0.2, 0.25) is 0 Å². The molecule has 0 fully saturated rings. The van der Waals surface area contributed by atoms with Crippen LogP contribution in [0.15, 0.2) is 53.9 Å². The van der Waals surface area contributed by atoms with Crippen LogP contribution in [-0.2, 0) is 4.79 Å². The van der Waals surface area contributed by atoms with Crippen molar-refractivity contribution < 1.29 is 14.6 Å². The van der Waals surface area contributed by atoms with Gasteiger partial charge >= 0.3 is 5.97 Å². The number of carboxylic acids is 1. The van der Waals surface area contributed by atoms with E-state index in [1.807, 2.05) is 53.9 Å². The predicted molar refractivity (Wildman–Crippen MR) is 104 cm³/mol. The average molecular weight is 352 g/mol. The van der Waals surface area contributed by atoms with Gasteiger partial charge in [0.05, 0.1) is 12.2 Å². The van der Waals surface area contributed by atoms with E-state index in [1.165, 1.54) is 11.3 Å². The third-order valence-corrected chi connectivity index (χ3v) is 4.90. The van der Waals surface area contributed by atoms with Crippen molar-refractivity contribution in [1.29, 1.82) is 0 Å². The summed E-state index contributed by atoms with van der Waals surface area (Å²) in [5.41, 5.74) is 1.10. The minimum absolute atomic E-state index is 0.284. The van der Waals surface area contributed by atoms with Gasteiger partial charge in [-0.05, 0) is 40.8 Å². The maximum absolute atomic E-state index is 11.8. The summed E-state index contributed by atoms with van der Waals surface area (Å²) in [5, 5.41) is 13.6. The maximum Gasteiger partial charge on any atom is 0.337 e. The van der Waals surface area contributed by atoms with Gasteiger partial charge in [0.1, 0.15) is 5.75 Å². The lowest BCUT2D eigenvalue weighted by Crippen LogP contribution is -2.01. The Bertz CT molecular complexity index is 895. The van der Waals surface area contributed by atoms with Gasteiger partial charge in [-0.1, -0.05) is 49.7 Å². The normalized spacial score (nSPS) is 11.6. The highest BCUT2D eigenvalue weighted by molar-refractivity contribution is 7.11. The first-order valence-electron chi connectivity index (χ1n) is 8.34. The van der Waals surface area contributed by atoms with Crippen molar-refractivity contribution in [1.82, 2.24) is 0 Å². The summed E-state index contributed by atoms with van der Waals surface area (Å²) in [6, 6.07) is 15.6. The summed E-state index contributed by atoms with van der Waals surface area (Å²) in [6.07, 6.45) is 3.75. The van der Waals surface area contributed by atoms with Crippen molar-refractivity contribution in [2.45, 2.75) is 19.8 Å². The highest BCUT2D eigenvalue weighted by Crippen LogP contribution is 2.33. The van der Waals surface area contributed by atoms with Gasteiger partial charge in [-0.2, -0.15) is 0 Å². The van der Waals surface area contributed by atoms with Crippen LogP contribution in [0.1, 0.15) is 30.2 Å². The van der Waals surface area contributed by atoms with E-state index < -0.39 is 5.97 Å². The molecule has 1 aromatic heterocycles. The van der Waals surface area contributed by atoms with E-state index in [1.54, 1.807) is 6.08 Å². The molecule has 1 heterocycles. The molecule has 0 aliphatic carbocycles. The number of hydrogen-bond donors (Lipinski definition) is 1. The number of benzene rings is 2. The van der Waals surface area contributed by atoms with E-state index in [4.69, 9.17) is 4.74 Å². The number of rotatable bonds is 7. The molecule has 0 aliphatic heterocycles. The van der Waals surface area contributed by atoms with Crippen LogP contribution in [-0.4, -0.2) is 17.7 Å². The van der Waals surface area contributed by atoms with Crippen molar-refractivity contribution in [3.8, 4) is 5.75 Å². The molecule has 128 valence electrons. The summed E-state index contributed by atoms with van der Waals surface area (Å²) in [5.74, 6) is -0.211. The van der Waals surface area contributed by atoms with Crippen LogP contribution < -0.4 is 4.74 Å². The fraction of sp³-hybridized carbons (Fsp3) is 0.190. The van der Waals surface area contributed by atoms with Gasteiger partial charge in [0, 0.05) is 10.4 Å². The molecule has 4 heteroatoms. The minimum Gasteiger partial charge on any atom is -0.493 e. The number of carbonyl (C=O) groups is 1. The lowest BCUT2D eigenvalue weighted by Gasteiger charge is -2.12. The first kappa shape index (κ1) is 17.2. The van der Waals surface area contributed by atoms with Gasteiger partial charge < -0.3 is 9.84 Å². The van der Waals surface area contributed by atoms with Crippen molar-refractivity contribution >= 4 is 39.7 Å². The zero-order valence-corrected chi connectivity index (χ0v) is 14.9. The Morgan fingerprint density at radius 1 is 1.16 bits per heavy atom. The zero-order valence-electron chi connectivity index (χ0n) is 14.1. The molecular formula is C21H20O3S. The number of aliphatic carboxylic acids is 1. The Hall–Kier alpha value is -2.59. The SMILES string of the molecule is CCCCOc1ccc2ccccc2c1/C=C(/C(=O)O)c1cccs1. The van der Waals surface area contributed by atoms with E-state index in [0.717, 1.165) is 39.8 Å². The second kappa shape index (κ2) is 7.99. The van der Waals surface area contributed by atoms with Crippen molar-refractivity contribution in [3.05, 3.63) is 64.4 Å². The lowest BCUT2D eigenvalue weighted by atomic mass is 10.0. The minimum atomic E-state index is -0.935. The van der Waals surface area contributed by atoms with Gasteiger partial charge in [0.15, 0.2) is 0 Å².